The molecule has 0 bridgehead atoms. The highest BCUT2D eigenvalue weighted by Crippen LogP contribution is 2.27. The zero-order chi connectivity index (χ0) is 14.8. The third-order valence-electron chi connectivity index (χ3n) is 3.84. The van der Waals surface area contributed by atoms with Gasteiger partial charge in [0.15, 0.2) is 0 Å². The van der Waals surface area contributed by atoms with Crippen molar-refractivity contribution in [3.8, 4) is 11.8 Å². The van der Waals surface area contributed by atoms with Gasteiger partial charge in [0.1, 0.15) is 16.9 Å². The minimum Gasteiger partial charge on any atom is -0.308 e. The number of allylic oxidation sites excluding steroid dienone is 2. The molecular weight excluding hydrogens is 264 g/mol. The van der Waals surface area contributed by atoms with E-state index >= 15 is 0 Å². The van der Waals surface area contributed by atoms with Crippen molar-refractivity contribution in [1.82, 2.24) is 19.3 Å². The fraction of sp³-hybridized carbons (Fsp3) is 0.438. The van der Waals surface area contributed by atoms with E-state index in [2.05, 4.69) is 28.0 Å². The summed E-state index contributed by atoms with van der Waals surface area (Å²) in [5.74, 6) is 6.81. The van der Waals surface area contributed by atoms with E-state index in [4.69, 9.17) is 0 Å². The lowest BCUT2D eigenvalue weighted by Crippen LogP contribution is -2.21. The molecule has 0 saturated carbocycles. The maximum absolute atomic E-state index is 12.4. The maximum Gasteiger partial charge on any atom is 0.292 e. The molecule has 0 radical (unpaired) electrons. The van der Waals surface area contributed by atoms with Crippen molar-refractivity contribution in [2.24, 2.45) is 7.05 Å². The van der Waals surface area contributed by atoms with Crippen molar-refractivity contribution < 1.29 is 0 Å². The Morgan fingerprint density at radius 2 is 2.24 bits per heavy atom. The second-order valence-corrected chi connectivity index (χ2v) is 5.23. The van der Waals surface area contributed by atoms with Crippen LogP contribution in [0.3, 0.4) is 0 Å². The van der Waals surface area contributed by atoms with Crippen molar-refractivity contribution in [3.05, 3.63) is 28.5 Å². The zero-order valence-electron chi connectivity index (χ0n) is 12.4. The van der Waals surface area contributed by atoms with Crippen LogP contribution in [-0.4, -0.2) is 19.3 Å². The lowest BCUT2D eigenvalue weighted by Gasteiger charge is -2.13. The Labute approximate surface area is 123 Å². The first-order valence-electron chi connectivity index (χ1n) is 7.24. The molecule has 0 fully saturated rings. The van der Waals surface area contributed by atoms with Crippen molar-refractivity contribution in [2.75, 3.05) is 0 Å². The number of hydrogen-bond donors (Lipinski definition) is 0. The van der Waals surface area contributed by atoms with Gasteiger partial charge in [-0.2, -0.15) is 5.10 Å². The molecule has 0 spiro atoms. The summed E-state index contributed by atoms with van der Waals surface area (Å²) in [4.78, 5) is 17.0. The standard InChI is InChI=1S/C16H18N4O/c1-3-4-10-20-14-13(11-17-19(2)16(14)21)18-15(20)12-8-6-5-7-9-12/h8,11H,5-7,9-10H2,1-2H3. The number of nitrogens with zero attached hydrogens (tertiary/aromatic N) is 4. The number of rotatable bonds is 2. The van der Waals surface area contributed by atoms with E-state index in [0.717, 1.165) is 18.7 Å². The van der Waals surface area contributed by atoms with Gasteiger partial charge in [0, 0.05) is 7.05 Å². The summed E-state index contributed by atoms with van der Waals surface area (Å²) >= 11 is 0. The number of fused-ring (bicyclic) bond motifs is 1. The van der Waals surface area contributed by atoms with Crippen LogP contribution >= 0.6 is 0 Å². The smallest absolute Gasteiger partial charge is 0.292 e. The first-order chi connectivity index (χ1) is 10.2. The molecule has 2 heterocycles. The first-order valence-corrected chi connectivity index (χ1v) is 7.24. The highest BCUT2D eigenvalue weighted by Gasteiger charge is 2.18. The van der Waals surface area contributed by atoms with Gasteiger partial charge in [-0.05, 0) is 38.2 Å². The number of hydrogen-bond acceptors (Lipinski definition) is 3. The molecule has 0 aromatic carbocycles. The topological polar surface area (TPSA) is 52.7 Å². The number of aromatic nitrogens is 4. The summed E-state index contributed by atoms with van der Waals surface area (Å²) in [7, 11) is 1.66. The van der Waals surface area contributed by atoms with Crippen LogP contribution in [0.1, 0.15) is 38.4 Å². The number of imidazole rings is 1. The Hall–Kier alpha value is -2.35. The highest BCUT2D eigenvalue weighted by molar-refractivity contribution is 5.78. The van der Waals surface area contributed by atoms with E-state index in [0.29, 0.717) is 17.6 Å². The predicted octanol–water partition coefficient (Wildman–Crippen LogP) is 2.11. The first kappa shape index (κ1) is 13.6. The third kappa shape index (κ3) is 2.38. The molecule has 0 aliphatic heterocycles. The summed E-state index contributed by atoms with van der Waals surface area (Å²) in [6.45, 7) is 2.29. The molecule has 5 heteroatoms. The normalized spacial score (nSPS) is 14.7. The van der Waals surface area contributed by atoms with Crippen molar-refractivity contribution >= 4 is 16.6 Å². The van der Waals surface area contributed by atoms with E-state index in [1.807, 2.05) is 4.57 Å². The molecule has 2 aromatic rings. The van der Waals surface area contributed by atoms with Crippen molar-refractivity contribution in [2.45, 2.75) is 39.2 Å². The molecule has 3 rings (SSSR count). The van der Waals surface area contributed by atoms with Crippen molar-refractivity contribution in [3.63, 3.8) is 0 Å². The van der Waals surface area contributed by atoms with E-state index in [-0.39, 0.29) is 5.56 Å². The molecule has 0 atom stereocenters. The molecule has 21 heavy (non-hydrogen) atoms. The Bertz CT molecular complexity index is 830. The quantitative estimate of drug-likeness (QED) is 0.793. The Kier molecular flexibility index (Phi) is 3.61. The minimum absolute atomic E-state index is 0.124. The maximum atomic E-state index is 12.4. The fourth-order valence-electron chi connectivity index (χ4n) is 2.73. The van der Waals surface area contributed by atoms with E-state index < -0.39 is 0 Å². The van der Waals surface area contributed by atoms with Crippen LogP contribution in [0.5, 0.6) is 0 Å². The van der Waals surface area contributed by atoms with E-state index in [9.17, 15) is 4.79 Å². The SMILES string of the molecule is CC#CCn1c(C2=CCCCC2)nc2cnn(C)c(=O)c21. The van der Waals surface area contributed by atoms with Gasteiger partial charge in [0.05, 0.1) is 12.7 Å². The molecule has 0 amide bonds. The highest BCUT2D eigenvalue weighted by atomic mass is 16.1. The largest absolute Gasteiger partial charge is 0.308 e. The molecule has 0 saturated heterocycles. The summed E-state index contributed by atoms with van der Waals surface area (Å²) < 4.78 is 3.28. The van der Waals surface area contributed by atoms with Crippen LogP contribution in [-0.2, 0) is 13.6 Å². The number of aryl methyl sites for hydroxylation is 1. The van der Waals surface area contributed by atoms with Gasteiger partial charge >= 0.3 is 0 Å². The summed E-state index contributed by atoms with van der Waals surface area (Å²) in [5.41, 5.74) is 2.34. The lowest BCUT2D eigenvalue weighted by molar-refractivity contribution is 0.706. The second-order valence-electron chi connectivity index (χ2n) is 5.23. The average Bonchev–Trinajstić information content (AvgIpc) is 2.89. The molecular formula is C16H18N4O. The Balaban J connectivity index is 2.27. The van der Waals surface area contributed by atoms with Gasteiger partial charge in [-0.1, -0.05) is 12.0 Å². The van der Waals surface area contributed by atoms with Crippen LogP contribution < -0.4 is 5.56 Å². The molecule has 5 nitrogen and oxygen atoms in total. The third-order valence-corrected chi connectivity index (χ3v) is 3.84. The molecule has 0 unspecified atom stereocenters. The van der Waals surface area contributed by atoms with Gasteiger partial charge in [0.2, 0.25) is 0 Å². The summed E-state index contributed by atoms with van der Waals surface area (Å²) in [6.07, 6.45) is 8.37. The molecule has 108 valence electrons. The van der Waals surface area contributed by atoms with Crippen molar-refractivity contribution in [1.29, 1.82) is 0 Å². The van der Waals surface area contributed by atoms with Crippen LogP contribution in [0.25, 0.3) is 16.6 Å². The van der Waals surface area contributed by atoms with Gasteiger partial charge in [-0.15, -0.1) is 5.92 Å². The molecule has 1 aliphatic carbocycles. The molecule has 2 aromatic heterocycles. The summed E-state index contributed by atoms with van der Waals surface area (Å²) in [5, 5.41) is 4.06. The average molecular weight is 282 g/mol. The Morgan fingerprint density at radius 3 is 2.95 bits per heavy atom. The lowest BCUT2D eigenvalue weighted by atomic mass is 9.99. The van der Waals surface area contributed by atoms with E-state index in [1.165, 1.54) is 23.1 Å². The van der Waals surface area contributed by atoms with Gasteiger partial charge in [0.25, 0.3) is 5.56 Å². The van der Waals surface area contributed by atoms with Gasteiger partial charge < -0.3 is 4.57 Å². The monoisotopic (exact) mass is 282 g/mol. The van der Waals surface area contributed by atoms with Crippen LogP contribution in [0.15, 0.2) is 17.1 Å². The van der Waals surface area contributed by atoms with Crippen LogP contribution in [0.2, 0.25) is 0 Å². The van der Waals surface area contributed by atoms with Crippen LogP contribution in [0.4, 0.5) is 0 Å². The summed E-state index contributed by atoms with van der Waals surface area (Å²) in [6, 6.07) is 0. The molecule has 0 N–H and O–H groups in total. The molecule has 1 aliphatic rings. The second kappa shape index (κ2) is 5.57. The fourth-order valence-corrected chi connectivity index (χ4v) is 2.73. The van der Waals surface area contributed by atoms with Gasteiger partial charge in [-0.25, -0.2) is 9.67 Å². The van der Waals surface area contributed by atoms with E-state index in [1.54, 1.807) is 20.2 Å². The zero-order valence-corrected chi connectivity index (χ0v) is 12.4. The van der Waals surface area contributed by atoms with Gasteiger partial charge in [-0.3, -0.25) is 4.79 Å². The van der Waals surface area contributed by atoms with Crippen LogP contribution in [0, 0.1) is 11.8 Å². The minimum atomic E-state index is -0.124. The Morgan fingerprint density at radius 1 is 1.38 bits per heavy atom. The predicted molar refractivity (Wildman–Crippen MR) is 82.7 cm³/mol.